The molecule has 0 bridgehead atoms. The van der Waals surface area contributed by atoms with Crippen molar-refractivity contribution in [3.8, 4) is 89.8 Å². The van der Waals surface area contributed by atoms with E-state index >= 15 is 0 Å². The molecule has 0 aliphatic heterocycles. The van der Waals surface area contributed by atoms with Crippen LogP contribution in [-0.2, 0) is 13.2 Å². The van der Waals surface area contributed by atoms with Crippen molar-refractivity contribution in [1.82, 2.24) is 15.0 Å². The van der Waals surface area contributed by atoms with Gasteiger partial charge in [-0.2, -0.15) is 0 Å². The molecule has 0 spiro atoms. The van der Waals surface area contributed by atoms with Gasteiger partial charge in [-0.1, -0.05) is 115 Å². The molecule has 5 heteroatoms. The molecule has 5 nitrogen and oxygen atoms in total. The highest BCUT2D eigenvalue weighted by molar-refractivity contribution is 5.85. The van der Waals surface area contributed by atoms with Crippen LogP contribution in [0.5, 0.6) is 11.5 Å². The normalized spacial score (nSPS) is 10.9. The van der Waals surface area contributed by atoms with Crippen LogP contribution in [0.25, 0.3) is 78.3 Å². The molecule has 7 aromatic carbocycles. The second-order valence-electron chi connectivity index (χ2n) is 15.6. The van der Waals surface area contributed by atoms with Crippen molar-refractivity contribution in [3.05, 3.63) is 248 Å². The molecule has 10 aromatic rings. The van der Waals surface area contributed by atoms with Gasteiger partial charge in [0.05, 0.1) is 17.1 Å². The lowest BCUT2D eigenvalue weighted by atomic mass is 9.92. The van der Waals surface area contributed by atoms with Crippen molar-refractivity contribution in [2.24, 2.45) is 0 Å². The Labute approximate surface area is 374 Å². The summed E-state index contributed by atoms with van der Waals surface area (Å²) in [6, 6.07) is 75.4. The third-order valence-electron chi connectivity index (χ3n) is 11.3. The number of rotatable bonds is 13. The Balaban J connectivity index is 0.910. The number of nitrogens with zero attached hydrogens (tertiary/aromatic N) is 3. The van der Waals surface area contributed by atoms with E-state index in [2.05, 4.69) is 137 Å². The molecule has 0 saturated carbocycles. The molecule has 0 saturated heterocycles. The standard InChI is InChI=1S/C59H43N3O2/c1-2-10-44(11-3-1)45-16-18-46(19-17-45)51-32-35-62-59(39-51)50-22-20-47(21-23-50)55-12-4-5-13-56(55)52-37-42(40-63-53-28-24-48(25-29-53)57-14-6-8-33-60-57)36-43(38-52)41-64-54-30-26-49(27-31-54)58-15-7-9-34-61-58/h1-39H,40-41H2. The SMILES string of the molecule is c1ccc(-c2ccc(-c3ccnc(-c4ccc(-c5ccccc5-c5cc(COc6ccc(-c7ccccn7)cc6)cc(COc6ccc(-c7ccccn7)cc6)c5)cc4)c3)cc2)cc1. The molecule has 0 N–H and O–H groups in total. The van der Waals surface area contributed by atoms with Crippen molar-refractivity contribution in [2.75, 3.05) is 0 Å². The fourth-order valence-corrected chi connectivity index (χ4v) is 7.99. The van der Waals surface area contributed by atoms with E-state index in [1.54, 1.807) is 0 Å². The van der Waals surface area contributed by atoms with E-state index in [9.17, 15) is 0 Å². The molecular formula is C59H43N3O2. The number of ether oxygens (including phenoxy) is 2. The van der Waals surface area contributed by atoms with Crippen LogP contribution in [0.15, 0.2) is 237 Å². The summed E-state index contributed by atoms with van der Waals surface area (Å²) in [5, 5.41) is 0. The van der Waals surface area contributed by atoms with Crippen LogP contribution in [0.4, 0.5) is 0 Å². The number of hydrogen-bond donors (Lipinski definition) is 0. The van der Waals surface area contributed by atoms with Crippen molar-refractivity contribution < 1.29 is 9.47 Å². The molecule has 64 heavy (non-hydrogen) atoms. The summed E-state index contributed by atoms with van der Waals surface area (Å²) in [5.74, 6) is 1.58. The maximum atomic E-state index is 6.40. The summed E-state index contributed by atoms with van der Waals surface area (Å²) >= 11 is 0. The molecule has 3 aromatic heterocycles. The summed E-state index contributed by atoms with van der Waals surface area (Å²) in [6.45, 7) is 0.783. The van der Waals surface area contributed by atoms with Gasteiger partial charge in [0.2, 0.25) is 0 Å². The number of hydrogen-bond acceptors (Lipinski definition) is 5. The van der Waals surface area contributed by atoms with E-state index < -0.39 is 0 Å². The fraction of sp³-hybridized carbons (Fsp3) is 0.0339. The molecule has 0 fully saturated rings. The van der Waals surface area contributed by atoms with Gasteiger partial charge in [0.25, 0.3) is 0 Å². The van der Waals surface area contributed by atoms with Crippen LogP contribution in [0.3, 0.4) is 0 Å². The smallest absolute Gasteiger partial charge is 0.119 e. The monoisotopic (exact) mass is 825 g/mol. The molecule has 10 rings (SSSR count). The number of pyridine rings is 3. The molecule has 0 unspecified atom stereocenters. The van der Waals surface area contributed by atoms with Gasteiger partial charge in [0.1, 0.15) is 24.7 Å². The summed E-state index contributed by atoms with van der Waals surface area (Å²) in [6.07, 6.45) is 5.51. The van der Waals surface area contributed by atoms with Crippen molar-refractivity contribution in [1.29, 1.82) is 0 Å². The largest absolute Gasteiger partial charge is 0.489 e. The quantitative estimate of drug-likeness (QED) is 0.116. The first-order valence-corrected chi connectivity index (χ1v) is 21.4. The zero-order chi connectivity index (χ0) is 42.9. The molecule has 0 aliphatic carbocycles. The van der Waals surface area contributed by atoms with Gasteiger partial charge in [-0.05, 0) is 159 Å². The van der Waals surface area contributed by atoms with Crippen LogP contribution in [-0.4, -0.2) is 15.0 Å². The maximum absolute atomic E-state index is 6.40. The Bertz CT molecular complexity index is 3000. The van der Waals surface area contributed by atoms with E-state index in [0.717, 1.165) is 89.8 Å². The van der Waals surface area contributed by atoms with Gasteiger partial charge >= 0.3 is 0 Å². The van der Waals surface area contributed by atoms with Gasteiger partial charge in [-0.15, -0.1) is 0 Å². The predicted octanol–water partition coefficient (Wildman–Crippen LogP) is 14.7. The van der Waals surface area contributed by atoms with Gasteiger partial charge in [0.15, 0.2) is 0 Å². The molecule has 306 valence electrons. The molecule has 0 aliphatic rings. The fourth-order valence-electron chi connectivity index (χ4n) is 7.99. The third kappa shape index (κ3) is 9.25. The van der Waals surface area contributed by atoms with Gasteiger partial charge in [-0.25, -0.2) is 0 Å². The summed E-state index contributed by atoms with van der Waals surface area (Å²) in [4.78, 5) is 13.8. The van der Waals surface area contributed by atoms with E-state index in [1.165, 1.54) is 11.1 Å². The minimum atomic E-state index is 0.392. The molecular weight excluding hydrogens is 783 g/mol. The first-order valence-electron chi connectivity index (χ1n) is 21.4. The maximum Gasteiger partial charge on any atom is 0.119 e. The van der Waals surface area contributed by atoms with E-state index in [0.29, 0.717) is 13.2 Å². The first-order chi connectivity index (χ1) is 31.7. The minimum Gasteiger partial charge on any atom is -0.489 e. The van der Waals surface area contributed by atoms with Crippen LogP contribution in [0.1, 0.15) is 11.1 Å². The summed E-state index contributed by atoms with van der Waals surface area (Å²) in [5.41, 5.74) is 17.2. The summed E-state index contributed by atoms with van der Waals surface area (Å²) in [7, 11) is 0. The van der Waals surface area contributed by atoms with E-state index in [1.807, 2.05) is 110 Å². The average molecular weight is 826 g/mol. The van der Waals surface area contributed by atoms with E-state index in [-0.39, 0.29) is 0 Å². The highest BCUT2D eigenvalue weighted by atomic mass is 16.5. The van der Waals surface area contributed by atoms with Crippen molar-refractivity contribution in [2.45, 2.75) is 13.2 Å². The Kier molecular flexibility index (Phi) is 11.6. The topological polar surface area (TPSA) is 57.1 Å². The second kappa shape index (κ2) is 18.7. The predicted molar refractivity (Wildman–Crippen MR) is 259 cm³/mol. The lowest BCUT2D eigenvalue weighted by Gasteiger charge is -2.16. The lowest BCUT2D eigenvalue weighted by molar-refractivity contribution is 0.300. The van der Waals surface area contributed by atoms with Gasteiger partial charge in [0, 0.05) is 35.3 Å². The lowest BCUT2D eigenvalue weighted by Crippen LogP contribution is -2.01. The highest BCUT2D eigenvalue weighted by Gasteiger charge is 2.13. The minimum absolute atomic E-state index is 0.392. The molecule has 0 amide bonds. The zero-order valence-electron chi connectivity index (χ0n) is 35.1. The van der Waals surface area contributed by atoms with Gasteiger partial charge in [-0.3, -0.25) is 15.0 Å². The average Bonchev–Trinajstić information content (AvgIpc) is 3.38. The second-order valence-corrected chi connectivity index (χ2v) is 15.6. The van der Waals surface area contributed by atoms with E-state index in [4.69, 9.17) is 14.5 Å². The Morgan fingerprint density at radius 2 is 0.688 bits per heavy atom. The Hall–Kier alpha value is -8.41. The zero-order valence-corrected chi connectivity index (χ0v) is 35.1. The van der Waals surface area contributed by atoms with Crippen LogP contribution >= 0.6 is 0 Å². The summed E-state index contributed by atoms with van der Waals surface area (Å²) < 4.78 is 12.8. The van der Waals surface area contributed by atoms with Crippen LogP contribution in [0, 0.1) is 0 Å². The third-order valence-corrected chi connectivity index (χ3v) is 11.3. The molecule has 3 heterocycles. The van der Waals surface area contributed by atoms with Crippen molar-refractivity contribution >= 4 is 0 Å². The highest BCUT2D eigenvalue weighted by Crippen LogP contribution is 2.36. The van der Waals surface area contributed by atoms with Crippen LogP contribution < -0.4 is 9.47 Å². The first kappa shape index (κ1) is 39.7. The Morgan fingerprint density at radius 3 is 1.23 bits per heavy atom. The number of benzene rings is 7. The number of aromatic nitrogens is 3. The Morgan fingerprint density at radius 1 is 0.266 bits per heavy atom. The molecule has 0 radical (unpaired) electrons. The van der Waals surface area contributed by atoms with Gasteiger partial charge < -0.3 is 9.47 Å². The van der Waals surface area contributed by atoms with Crippen molar-refractivity contribution in [3.63, 3.8) is 0 Å². The van der Waals surface area contributed by atoms with Crippen LogP contribution in [0.2, 0.25) is 0 Å². The molecule has 0 atom stereocenters.